The van der Waals surface area contributed by atoms with Crippen LogP contribution in [0.15, 0.2) is 126 Å². The fraction of sp³-hybridized carbons (Fsp3) is 0.0571. The second-order valence-electron chi connectivity index (χ2n) is 10.5. The Kier molecular flexibility index (Phi) is 6.50. The number of carbonyl (C=O) groups is 1. The molecule has 7 aromatic rings. The molecule has 0 aliphatic carbocycles. The third-order valence-electron chi connectivity index (χ3n) is 7.66. The standard InChI is InChI=1S/C35H23F3N4O2/c36-35(37,38)25-16-13-22(14-17-25)32(33(43)39-26-18-15-21-7-1-2-8-23(21)19-26)42-30-12-6-5-11-28(30)41-31(34(42)44)29-20-24-9-3-4-10-27(24)40-29/h1-20,32,40H,(H,39,43). The van der Waals surface area contributed by atoms with Gasteiger partial charge in [0.25, 0.3) is 11.5 Å². The zero-order chi connectivity index (χ0) is 30.4. The Hall–Kier alpha value is -5.70. The molecule has 216 valence electrons. The molecule has 44 heavy (non-hydrogen) atoms. The molecule has 0 saturated heterocycles. The summed E-state index contributed by atoms with van der Waals surface area (Å²) >= 11 is 0. The van der Waals surface area contributed by atoms with Gasteiger partial charge in [-0.15, -0.1) is 0 Å². The van der Waals surface area contributed by atoms with E-state index in [1.165, 1.54) is 16.7 Å². The van der Waals surface area contributed by atoms with Crippen molar-refractivity contribution in [3.8, 4) is 11.4 Å². The Morgan fingerprint density at radius 3 is 2.20 bits per heavy atom. The van der Waals surface area contributed by atoms with Crippen molar-refractivity contribution in [1.82, 2.24) is 14.5 Å². The molecule has 0 aliphatic heterocycles. The van der Waals surface area contributed by atoms with E-state index in [1.807, 2.05) is 54.6 Å². The number of rotatable bonds is 5. The van der Waals surface area contributed by atoms with Crippen molar-refractivity contribution in [1.29, 1.82) is 0 Å². The number of amides is 1. The number of aromatic amines is 1. The van der Waals surface area contributed by atoms with Crippen LogP contribution < -0.4 is 10.9 Å². The van der Waals surface area contributed by atoms with Gasteiger partial charge in [-0.1, -0.05) is 72.8 Å². The first-order chi connectivity index (χ1) is 21.3. The summed E-state index contributed by atoms with van der Waals surface area (Å²) in [5, 5.41) is 5.64. The summed E-state index contributed by atoms with van der Waals surface area (Å²) in [4.78, 5) is 36.4. The summed E-state index contributed by atoms with van der Waals surface area (Å²) in [5.74, 6) is -0.596. The molecule has 0 fully saturated rings. The molecule has 0 aliphatic rings. The van der Waals surface area contributed by atoms with Crippen LogP contribution in [-0.4, -0.2) is 20.4 Å². The van der Waals surface area contributed by atoms with Crippen LogP contribution in [0.1, 0.15) is 17.2 Å². The zero-order valence-corrected chi connectivity index (χ0v) is 23.0. The third kappa shape index (κ3) is 4.88. The first-order valence-electron chi connectivity index (χ1n) is 13.8. The second-order valence-corrected chi connectivity index (χ2v) is 10.5. The second kappa shape index (κ2) is 10.5. The van der Waals surface area contributed by atoms with Gasteiger partial charge in [0.15, 0.2) is 5.69 Å². The minimum atomic E-state index is -4.57. The number of alkyl halides is 3. The summed E-state index contributed by atoms with van der Waals surface area (Å²) < 4.78 is 41.7. The van der Waals surface area contributed by atoms with Crippen LogP contribution in [0.4, 0.5) is 18.9 Å². The van der Waals surface area contributed by atoms with Crippen LogP contribution in [0.5, 0.6) is 0 Å². The number of halogens is 3. The number of benzene rings is 5. The molecule has 6 nitrogen and oxygen atoms in total. The maximum Gasteiger partial charge on any atom is 0.416 e. The van der Waals surface area contributed by atoms with Crippen molar-refractivity contribution in [3.05, 3.63) is 143 Å². The highest BCUT2D eigenvalue weighted by molar-refractivity contribution is 5.99. The maximum absolute atomic E-state index is 14.4. The van der Waals surface area contributed by atoms with E-state index in [2.05, 4.69) is 15.3 Å². The summed E-state index contributed by atoms with van der Waals surface area (Å²) in [6, 6.07) is 32.2. The molecule has 2 heterocycles. The van der Waals surface area contributed by atoms with Crippen LogP contribution in [-0.2, 0) is 11.0 Å². The number of fused-ring (bicyclic) bond motifs is 3. The van der Waals surface area contributed by atoms with Crippen LogP contribution in [0.3, 0.4) is 0 Å². The lowest BCUT2D eigenvalue weighted by Gasteiger charge is -2.23. The number of H-pyrrole nitrogens is 1. The van der Waals surface area contributed by atoms with Crippen molar-refractivity contribution in [3.63, 3.8) is 0 Å². The minimum Gasteiger partial charge on any atom is -0.353 e. The van der Waals surface area contributed by atoms with Crippen LogP contribution in [0.2, 0.25) is 0 Å². The molecular formula is C35H23F3N4O2. The number of hydrogen-bond donors (Lipinski definition) is 2. The van der Waals surface area contributed by atoms with Crippen LogP contribution in [0, 0.1) is 0 Å². The number of nitrogens with zero attached hydrogens (tertiary/aromatic N) is 2. The van der Waals surface area contributed by atoms with Crippen molar-refractivity contribution in [2.75, 3.05) is 5.32 Å². The summed E-state index contributed by atoms with van der Waals surface area (Å²) in [6.07, 6.45) is -4.57. The molecule has 0 spiro atoms. The fourth-order valence-corrected chi connectivity index (χ4v) is 5.54. The quantitative estimate of drug-likeness (QED) is 0.214. The maximum atomic E-state index is 14.4. The monoisotopic (exact) mass is 588 g/mol. The van der Waals surface area contributed by atoms with Gasteiger partial charge in [0, 0.05) is 16.6 Å². The van der Waals surface area contributed by atoms with Gasteiger partial charge in [0.05, 0.1) is 22.3 Å². The van der Waals surface area contributed by atoms with E-state index in [-0.39, 0.29) is 11.3 Å². The Bertz CT molecular complexity index is 2220. The Morgan fingerprint density at radius 1 is 0.773 bits per heavy atom. The SMILES string of the molecule is O=C(Nc1ccc2ccccc2c1)C(c1ccc(C(F)(F)F)cc1)n1c(=O)c(-c2cc3ccccc3[nH]2)nc2ccccc21. The predicted octanol–water partition coefficient (Wildman–Crippen LogP) is 7.94. The van der Waals surface area contributed by atoms with Crippen LogP contribution >= 0.6 is 0 Å². The topological polar surface area (TPSA) is 79.8 Å². The molecule has 9 heteroatoms. The Morgan fingerprint density at radius 2 is 1.45 bits per heavy atom. The minimum absolute atomic E-state index is 0.0790. The zero-order valence-electron chi connectivity index (χ0n) is 23.0. The lowest BCUT2D eigenvalue weighted by Crippen LogP contribution is -2.35. The molecule has 2 aromatic heterocycles. The van der Waals surface area contributed by atoms with E-state index >= 15 is 0 Å². The van der Waals surface area contributed by atoms with Crippen molar-refractivity contribution >= 4 is 44.3 Å². The summed E-state index contributed by atoms with van der Waals surface area (Å²) in [5.41, 5.74) is 1.38. The molecule has 0 saturated carbocycles. The molecule has 5 aromatic carbocycles. The van der Waals surface area contributed by atoms with Crippen molar-refractivity contribution in [2.45, 2.75) is 12.2 Å². The van der Waals surface area contributed by atoms with Gasteiger partial charge in [-0.2, -0.15) is 13.2 Å². The molecule has 1 unspecified atom stereocenters. The van der Waals surface area contributed by atoms with Gasteiger partial charge in [0.2, 0.25) is 0 Å². The highest BCUT2D eigenvalue weighted by Gasteiger charge is 2.32. The predicted molar refractivity (Wildman–Crippen MR) is 165 cm³/mol. The molecule has 0 bridgehead atoms. The molecule has 1 atom stereocenters. The number of carbonyl (C=O) groups excluding carboxylic acids is 1. The molecule has 1 amide bonds. The number of hydrogen-bond acceptors (Lipinski definition) is 3. The lowest BCUT2D eigenvalue weighted by atomic mass is 10.0. The fourth-order valence-electron chi connectivity index (χ4n) is 5.54. The first-order valence-corrected chi connectivity index (χ1v) is 13.8. The Labute approximate surface area is 248 Å². The highest BCUT2D eigenvalue weighted by atomic mass is 19.4. The number of aromatic nitrogens is 3. The largest absolute Gasteiger partial charge is 0.416 e. The average Bonchev–Trinajstić information content (AvgIpc) is 3.46. The number of para-hydroxylation sites is 3. The number of anilines is 1. The van der Waals surface area contributed by atoms with E-state index in [0.29, 0.717) is 22.4 Å². The summed E-state index contributed by atoms with van der Waals surface area (Å²) in [6.45, 7) is 0. The van der Waals surface area contributed by atoms with Gasteiger partial charge >= 0.3 is 6.18 Å². The van der Waals surface area contributed by atoms with E-state index in [4.69, 9.17) is 0 Å². The van der Waals surface area contributed by atoms with Gasteiger partial charge in [-0.05, 0) is 64.9 Å². The lowest BCUT2D eigenvalue weighted by molar-refractivity contribution is -0.137. The van der Waals surface area contributed by atoms with Gasteiger partial charge in [0.1, 0.15) is 6.04 Å². The average molecular weight is 589 g/mol. The number of nitrogens with one attached hydrogen (secondary N) is 2. The van der Waals surface area contributed by atoms with Gasteiger partial charge in [-0.25, -0.2) is 4.98 Å². The molecule has 7 rings (SSSR count). The molecule has 2 N–H and O–H groups in total. The van der Waals surface area contributed by atoms with Gasteiger partial charge in [-0.3, -0.25) is 14.2 Å². The van der Waals surface area contributed by atoms with Gasteiger partial charge < -0.3 is 10.3 Å². The highest BCUT2D eigenvalue weighted by Crippen LogP contribution is 2.32. The Balaban J connectivity index is 1.43. The van der Waals surface area contributed by atoms with Crippen LogP contribution in [0.25, 0.3) is 44.1 Å². The molecular weight excluding hydrogens is 565 g/mol. The van der Waals surface area contributed by atoms with E-state index < -0.39 is 29.2 Å². The first kappa shape index (κ1) is 27.2. The third-order valence-corrected chi connectivity index (χ3v) is 7.66. The normalized spacial score (nSPS) is 12.5. The van der Waals surface area contributed by atoms with E-state index in [9.17, 15) is 22.8 Å². The smallest absolute Gasteiger partial charge is 0.353 e. The molecule has 0 radical (unpaired) electrons. The van der Waals surface area contributed by atoms with Crippen molar-refractivity contribution < 1.29 is 18.0 Å². The summed E-state index contributed by atoms with van der Waals surface area (Å²) in [7, 11) is 0. The van der Waals surface area contributed by atoms with Crippen molar-refractivity contribution in [2.24, 2.45) is 0 Å². The van der Waals surface area contributed by atoms with E-state index in [1.54, 1.807) is 42.5 Å². The van der Waals surface area contributed by atoms with E-state index in [0.717, 1.165) is 33.8 Å².